The number of aryl methyl sites for hydroxylation is 2. The molecule has 0 radical (unpaired) electrons. The number of nitrogens with one attached hydrogen (secondary N) is 2. The number of aromatic amines is 1. The van der Waals surface area contributed by atoms with Crippen molar-refractivity contribution in [1.82, 2.24) is 4.98 Å². The Labute approximate surface area is 179 Å². The highest BCUT2D eigenvalue weighted by Gasteiger charge is 2.27. The van der Waals surface area contributed by atoms with Crippen LogP contribution in [-0.2, 0) is 20.7 Å². The van der Waals surface area contributed by atoms with Crippen LogP contribution in [-0.4, -0.2) is 43.2 Å². The maximum atomic E-state index is 12.6. The van der Waals surface area contributed by atoms with E-state index < -0.39 is 23.9 Å². The number of carbonyl (C=O) groups is 3. The average Bonchev–Trinajstić information content (AvgIpc) is 3.06. The van der Waals surface area contributed by atoms with E-state index in [1.807, 2.05) is 6.92 Å². The molecule has 0 aliphatic heterocycles. The van der Waals surface area contributed by atoms with Gasteiger partial charge in [-0.3, -0.25) is 4.79 Å². The fourth-order valence-corrected chi connectivity index (χ4v) is 3.10. The van der Waals surface area contributed by atoms with Crippen LogP contribution in [0.15, 0.2) is 12.1 Å². The number of H-pyrrole nitrogens is 1. The highest BCUT2D eigenvalue weighted by Crippen LogP contribution is 2.31. The second-order valence-corrected chi connectivity index (χ2v) is 7.07. The van der Waals surface area contributed by atoms with E-state index in [2.05, 4.69) is 10.3 Å². The summed E-state index contributed by atoms with van der Waals surface area (Å²) in [7, 11) is 2.73. The van der Waals surface area contributed by atoms with Crippen molar-refractivity contribution in [3.63, 3.8) is 0 Å². The second-order valence-electron chi connectivity index (χ2n) is 6.66. The first kappa shape index (κ1) is 23.3. The Balaban J connectivity index is 2.18. The molecule has 9 heteroatoms. The molecule has 1 atom stereocenters. The van der Waals surface area contributed by atoms with E-state index in [4.69, 9.17) is 25.8 Å². The number of amides is 1. The van der Waals surface area contributed by atoms with E-state index in [1.165, 1.54) is 21.1 Å². The Hall–Kier alpha value is -3.00. The van der Waals surface area contributed by atoms with Gasteiger partial charge in [0.15, 0.2) is 6.10 Å². The number of methoxy groups -OCH3 is 2. The smallest absolute Gasteiger partial charge is 0.355 e. The lowest BCUT2D eigenvalue weighted by Gasteiger charge is -2.16. The van der Waals surface area contributed by atoms with E-state index in [0.717, 1.165) is 5.56 Å². The standard InChI is InChI=1S/C21H25ClN2O6/c1-7-14-17(20(26)29-6)11(3)18(23-14)21(27)30-12(4)19(25)24-15-8-10(2)13(22)9-16(15)28-5/h8-9,12,23H,7H2,1-6H3,(H,24,25). The zero-order valence-corrected chi connectivity index (χ0v) is 18.5. The van der Waals surface area contributed by atoms with Gasteiger partial charge in [-0.1, -0.05) is 18.5 Å². The van der Waals surface area contributed by atoms with Crippen molar-refractivity contribution >= 4 is 35.1 Å². The fourth-order valence-electron chi connectivity index (χ4n) is 2.94. The van der Waals surface area contributed by atoms with Crippen LogP contribution in [0.2, 0.25) is 5.02 Å². The number of hydrogen-bond acceptors (Lipinski definition) is 6. The van der Waals surface area contributed by atoms with E-state index in [1.54, 1.807) is 26.0 Å². The molecule has 0 saturated heterocycles. The molecule has 1 aromatic heterocycles. The lowest BCUT2D eigenvalue weighted by Crippen LogP contribution is -2.30. The SMILES string of the molecule is CCc1[nH]c(C(=O)OC(C)C(=O)Nc2cc(C)c(Cl)cc2OC)c(C)c1C(=O)OC. The molecule has 8 nitrogen and oxygen atoms in total. The minimum absolute atomic E-state index is 0.104. The first-order valence-corrected chi connectivity index (χ1v) is 9.68. The molecule has 0 saturated carbocycles. The van der Waals surface area contributed by atoms with Gasteiger partial charge in [-0.2, -0.15) is 0 Å². The summed E-state index contributed by atoms with van der Waals surface area (Å²) in [5.74, 6) is -1.46. The van der Waals surface area contributed by atoms with Gasteiger partial charge in [-0.15, -0.1) is 0 Å². The van der Waals surface area contributed by atoms with Crippen molar-refractivity contribution in [3.8, 4) is 5.75 Å². The number of aromatic nitrogens is 1. The molecule has 2 rings (SSSR count). The normalized spacial score (nSPS) is 11.6. The van der Waals surface area contributed by atoms with E-state index in [9.17, 15) is 14.4 Å². The van der Waals surface area contributed by atoms with Gasteiger partial charge < -0.3 is 24.5 Å². The topological polar surface area (TPSA) is 107 Å². The second kappa shape index (κ2) is 9.67. The number of esters is 2. The molecular formula is C21H25ClN2O6. The molecule has 0 aliphatic rings. The van der Waals surface area contributed by atoms with Crippen LogP contribution in [0.4, 0.5) is 5.69 Å². The predicted octanol–water partition coefficient (Wildman–Crippen LogP) is 3.83. The summed E-state index contributed by atoms with van der Waals surface area (Å²) in [6.45, 7) is 6.69. The molecule has 30 heavy (non-hydrogen) atoms. The van der Waals surface area contributed by atoms with Gasteiger partial charge in [-0.25, -0.2) is 9.59 Å². The largest absolute Gasteiger partial charge is 0.495 e. The zero-order chi connectivity index (χ0) is 22.6. The van der Waals surface area contributed by atoms with Crippen LogP contribution < -0.4 is 10.1 Å². The maximum Gasteiger partial charge on any atom is 0.355 e. The van der Waals surface area contributed by atoms with E-state index in [-0.39, 0.29) is 5.69 Å². The Bertz CT molecular complexity index is 982. The van der Waals surface area contributed by atoms with Crippen molar-refractivity contribution in [2.45, 2.75) is 40.2 Å². The van der Waals surface area contributed by atoms with Gasteiger partial charge >= 0.3 is 11.9 Å². The van der Waals surface area contributed by atoms with Crippen molar-refractivity contribution in [3.05, 3.63) is 45.2 Å². The predicted molar refractivity (Wildman–Crippen MR) is 112 cm³/mol. The lowest BCUT2D eigenvalue weighted by atomic mass is 10.1. The molecule has 0 aliphatic carbocycles. The Morgan fingerprint density at radius 2 is 1.83 bits per heavy atom. The van der Waals surface area contributed by atoms with Gasteiger partial charge in [0.1, 0.15) is 11.4 Å². The number of ether oxygens (including phenoxy) is 3. The van der Waals surface area contributed by atoms with Crippen molar-refractivity contribution in [2.24, 2.45) is 0 Å². The summed E-state index contributed by atoms with van der Waals surface area (Å²) >= 11 is 6.08. The number of hydrogen-bond donors (Lipinski definition) is 2. The Morgan fingerprint density at radius 1 is 1.17 bits per heavy atom. The molecule has 0 bridgehead atoms. The third kappa shape index (κ3) is 4.76. The highest BCUT2D eigenvalue weighted by molar-refractivity contribution is 6.31. The van der Waals surface area contributed by atoms with Crippen LogP contribution in [0, 0.1) is 13.8 Å². The van der Waals surface area contributed by atoms with Crippen LogP contribution in [0.25, 0.3) is 0 Å². The summed E-state index contributed by atoms with van der Waals surface area (Å²) in [5.41, 5.74) is 2.53. The molecule has 1 unspecified atom stereocenters. The summed E-state index contributed by atoms with van der Waals surface area (Å²) < 4.78 is 15.3. The van der Waals surface area contributed by atoms with E-state index >= 15 is 0 Å². The van der Waals surface area contributed by atoms with Crippen LogP contribution in [0.5, 0.6) is 5.75 Å². The molecule has 1 heterocycles. The Morgan fingerprint density at radius 3 is 2.40 bits per heavy atom. The van der Waals surface area contributed by atoms with Gasteiger partial charge in [0.2, 0.25) is 0 Å². The van der Waals surface area contributed by atoms with Crippen molar-refractivity contribution < 1.29 is 28.6 Å². The van der Waals surface area contributed by atoms with Gasteiger partial charge in [0.05, 0.1) is 25.5 Å². The summed E-state index contributed by atoms with van der Waals surface area (Å²) in [5, 5.41) is 3.17. The lowest BCUT2D eigenvalue weighted by molar-refractivity contribution is -0.123. The zero-order valence-electron chi connectivity index (χ0n) is 17.8. The minimum Gasteiger partial charge on any atom is -0.495 e. The molecule has 1 amide bonds. The minimum atomic E-state index is -1.10. The van der Waals surface area contributed by atoms with E-state index in [0.29, 0.717) is 39.7 Å². The van der Waals surface area contributed by atoms with Gasteiger partial charge in [0, 0.05) is 16.8 Å². The van der Waals surface area contributed by atoms with Crippen LogP contribution in [0.3, 0.4) is 0 Å². The Kier molecular flexibility index (Phi) is 7.50. The maximum absolute atomic E-state index is 12.6. The third-order valence-electron chi connectivity index (χ3n) is 4.67. The fraction of sp³-hybridized carbons (Fsp3) is 0.381. The summed E-state index contributed by atoms with van der Waals surface area (Å²) in [6.07, 6.45) is -0.614. The third-order valence-corrected chi connectivity index (χ3v) is 5.07. The van der Waals surface area contributed by atoms with Crippen molar-refractivity contribution in [1.29, 1.82) is 0 Å². The van der Waals surface area contributed by atoms with Crippen molar-refractivity contribution in [2.75, 3.05) is 19.5 Å². The monoisotopic (exact) mass is 436 g/mol. The number of benzene rings is 1. The summed E-state index contributed by atoms with van der Waals surface area (Å²) in [4.78, 5) is 40.1. The molecule has 2 aromatic rings. The van der Waals surface area contributed by atoms with Gasteiger partial charge in [-0.05, 0) is 44.4 Å². The first-order valence-electron chi connectivity index (χ1n) is 9.30. The molecule has 1 aromatic carbocycles. The molecule has 162 valence electrons. The average molecular weight is 437 g/mol. The number of anilines is 1. The first-order chi connectivity index (χ1) is 14.1. The summed E-state index contributed by atoms with van der Waals surface area (Å²) in [6, 6.07) is 3.25. The van der Waals surface area contributed by atoms with Gasteiger partial charge in [0.25, 0.3) is 5.91 Å². The molecule has 0 fully saturated rings. The number of carbonyl (C=O) groups excluding carboxylic acids is 3. The van der Waals surface area contributed by atoms with Crippen LogP contribution in [0.1, 0.15) is 51.5 Å². The molecule has 0 spiro atoms. The highest BCUT2D eigenvalue weighted by atomic mass is 35.5. The number of halogens is 1. The quantitative estimate of drug-likeness (QED) is 0.639. The molecule has 2 N–H and O–H groups in total. The van der Waals surface area contributed by atoms with Crippen LogP contribution >= 0.6 is 11.6 Å². The molecular weight excluding hydrogens is 412 g/mol. The number of rotatable bonds is 7.